The van der Waals surface area contributed by atoms with Gasteiger partial charge >= 0.3 is 6.01 Å². The molecule has 0 spiro atoms. The first-order valence-electron chi connectivity index (χ1n) is 10.4. The van der Waals surface area contributed by atoms with Gasteiger partial charge in [0.2, 0.25) is 0 Å². The second-order valence-corrected chi connectivity index (χ2v) is 7.87. The monoisotopic (exact) mass is 390 g/mol. The van der Waals surface area contributed by atoms with E-state index in [1.54, 1.807) is 17.8 Å². The van der Waals surface area contributed by atoms with Crippen LogP contribution in [0.5, 0.6) is 6.01 Å². The van der Waals surface area contributed by atoms with E-state index in [1.165, 1.54) is 4.57 Å². The summed E-state index contributed by atoms with van der Waals surface area (Å²) in [5.74, 6) is 1.70. The lowest BCUT2D eigenvalue weighted by atomic mass is 9.88. The zero-order valence-corrected chi connectivity index (χ0v) is 16.8. The third kappa shape index (κ3) is 3.93. The molecule has 0 N–H and O–H groups in total. The molecule has 1 aliphatic carbocycles. The number of fused-ring (bicyclic) bond motifs is 1. The standard InChI is InChI=1S/C20H30N4O4/c1-3-26-13-14-4-6-16(7-5-14)28-20-22-24-17(19(25)23(20)2)12-21-18(24)15-8-10-27-11-9-15/h12,14-16H,3-11,13H2,1-2H3. The van der Waals surface area contributed by atoms with Crippen LogP contribution in [0, 0.1) is 5.92 Å². The largest absolute Gasteiger partial charge is 0.460 e. The highest BCUT2D eigenvalue weighted by Crippen LogP contribution is 2.28. The minimum atomic E-state index is -0.124. The summed E-state index contributed by atoms with van der Waals surface area (Å²) >= 11 is 0. The quantitative estimate of drug-likeness (QED) is 0.753. The Labute approximate surface area is 164 Å². The molecule has 3 heterocycles. The van der Waals surface area contributed by atoms with Gasteiger partial charge in [-0.15, -0.1) is 5.10 Å². The second-order valence-electron chi connectivity index (χ2n) is 7.87. The fraction of sp³-hybridized carbons (Fsp3) is 0.750. The van der Waals surface area contributed by atoms with E-state index in [4.69, 9.17) is 14.2 Å². The number of hydrogen-bond donors (Lipinski definition) is 0. The lowest BCUT2D eigenvalue weighted by molar-refractivity contribution is 0.0594. The lowest BCUT2D eigenvalue weighted by Gasteiger charge is -2.28. The maximum atomic E-state index is 12.8. The van der Waals surface area contributed by atoms with Crippen LogP contribution in [0.3, 0.4) is 0 Å². The Kier molecular flexibility index (Phi) is 5.96. The average molecular weight is 390 g/mol. The summed E-state index contributed by atoms with van der Waals surface area (Å²) in [6.45, 7) is 5.07. The van der Waals surface area contributed by atoms with Crippen molar-refractivity contribution in [3.05, 3.63) is 22.4 Å². The van der Waals surface area contributed by atoms with Gasteiger partial charge in [0, 0.05) is 39.4 Å². The maximum Gasteiger partial charge on any atom is 0.317 e. The molecule has 0 amide bonds. The first kappa shape index (κ1) is 19.4. The highest BCUT2D eigenvalue weighted by atomic mass is 16.5. The highest BCUT2D eigenvalue weighted by molar-refractivity contribution is 5.43. The molecule has 2 fully saturated rings. The first-order chi connectivity index (χ1) is 13.7. The van der Waals surface area contributed by atoms with Gasteiger partial charge in [0.05, 0.1) is 6.20 Å². The van der Waals surface area contributed by atoms with Crippen molar-refractivity contribution in [2.45, 2.75) is 57.5 Å². The zero-order valence-electron chi connectivity index (χ0n) is 16.8. The van der Waals surface area contributed by atoms with Crippen molar-refractivity contribution in [3.8, 4) is 6.01 Å². The molecule has 0 atom stereocenters. The molecule has 2 aliphatic rings. The minimum absolute atomic E-state index is 0.0866. The van der Waals surface area contributed by atoms with Crippen LogP contribution in [0.25, 0.3) is 5.52 Å². The zero-order chi connectivity index (χ0) is 19.5. The number of imidazole rings is 1. The SMILES string of the molecule is CCOCC1CCC(Oc2nn3c(C4CCOCC4)ncc3c(=O)n2C)CC1. The van der Waals surface area contributed by atoms with Crippen molar-refractivity contribution in [2.75, 3.05) is 26.4 Å². The van der Waals surface area contributed by atoms with Crippen LogP contribution in [-0.4, -0.2) is 51.7 Å². The number of rotatable bonds is 6. The lowest BCUT2D eigenvalue weighted by Crippen LogP contribution is -2.31. The van der Waals surface area contributed by atoms with Crippen molar-refractivity contribution in [1.82, 2.24) is 19.2 Å². The van der Waals surface area contributed by atoms with E-state index in [-0.39, 0.29) is 17.6 Å². The van der Waals surface area contributed by atoms with Crippen molar-refractivity contribution >= 4 is 5.52 Å². The van der Waals surface area contributed by atoms with E-state index >= 15 is 0 Å². The summed E-state index contributed by atoms with van der Waals surface area (Å²) in [5.41, 5.74) is 0.373. The van der Waals surface area contributed by atoms with E-state index in [9.17, 15) is 4.79 Å². The molecular formula is C20H30N4O4. The van der Waals surface area contributed by atoms with Crippen LogP contribution in [0.2, 0.25) is 0 Å². The molecule has 1 saturated heterocycles. The number of hydrogen-bond acceptors (Lipinski definition) is 6. The van der Waals surface area contributed by atoms with Crippen molar-refractivity contribution in [3.63, 3.8) is 0 Å². The predicted molar refractivity (Wildman–Crippen MR) is 104 cm³/mol. The van der Waals surface area contributed by atoms with E-state index in [1.807, 2.05) is 6.92 Å². The molecular weight excluding hydrogens is 360 g/mol. The van der Waals surface area contributed by atoms with Gasteiger partial charge in [-0.3, -0.25) is 9.36 Å². The van der Waals surface area contributed by atoms with E-state index < -0.39 is 0 Å². The molecule has 2 aromatic heterocycles. The van der Waals surface area contributed by atoms with E-state index in [0.717, 1.165) is 70.8 Å². The molecule has 1 aliphatic heterocycles. The van der Waals surface area contributed by atoms with Gasteiger partial charge in [-0.1, -0.05) is 0 Å². The fourth-order valence-electron chi connectivity index (χ4n) is 4.21. The second kappa shape index (κ2) is 8.61. The summed E-state index contributed by atoms with van der Waals surface area (Å²) < 4.78 is 20.4. The molecule has 154 valence electrons. The molecule has 4 rings (SSSR count). The predicted octanol–water partition coefficient (Wildman–Crippen LogP) is 2.30. The third-order valence-corrected chi connectivity index (χ3v) is 5.97. The van der Waals surface area contributed by atoms with E-state index in [2.05, 4.69) is 10.1 Å². The van der Waals surface area contributed by atoms with Gasteiger partial charge in [0.15, 0.2) is 5.52 Å². The molecule has 8 heteroatoms. The Balaban J connectivity index is 1.52. The van der Waals surface area contributed by atoms with Crippen LogP contribution >= 0.6 is 0 Å². The first-order valence-corrected chi connectivity index (χ1v) is 10.4. The topological polar surface area (TPSA) is 79.9 Å². The highest BCUT2D eigenvalue weighted by Gasteiger charge is 2.26. The smallest absolute Gasteiger partial charge is 0.317 e. The Morgan fingerprint density at radius 3 is 2.64 bits per heavy atom. The molecule has 0 radical (unpaired) electrons. The Morgan fingerprint density at radius 1 is 1.18 bits per heavy atom. The molecule has 8 nitrogen and oxygen atoms in total. The van der Waals surface area contributed by atoms with Crippen LogP contribution in [-0.2, 0) is 16.5 Å². The molecule has 2 aromatic rings. The van der Waals surface area contributed by atoms with Gasteiger partial charge in [0.25, 0.3) is 5.56 Å². The Morgan fingerprint density at radius 2 is 1.93 bits per heavy atom. The van der Waals surface area contributed by atoms with Crippen LogP contribution in [0.4, 0.5) is 0 Å². The Hall–Kier alpha value is -1.93. The van der Waals surface area contributed by atoms with Gasteiger partial charge in [0.1, 0.15) is 11.9 Å². The van der Waals surface area contributed by atoms with Gasteiger partial charge in [-0.05, 0) is 51.4 Å². The molecule has 1 saturated carbocycles. The summed E-state index contributed by atoms with van der Waals surface area (Å²) in [6, 6.07) is 0.372. The van der Waals surface area contributed by atoms with Crippen LogP contribution < -0.4 is 10.3 Å². The third-order valence-electron chi connectivity index (χ3n) is 5.97. The van der Waals surface area contributed by atoms with Gasteiger partial charge < -0.3 is 14.2 Å². The minimum Gasteiger partial charge on any atom is -0.460 e. The maximum absolute atomic E-state index is 12.8. The molecule has 0 aromatic carbocycles. The fourth-order valence-corrected chi connectivity index (χ4v) is 4.21. The molecule has 0 bridgehead atoms. The number of aromatic nitrogens is 4. The van der Waals surface area contributed by atoms with Crippen LogP contribution in [0.15, 0.2) is 11.0 Å². The van der Waals surface area contributed by atoms with Gasteiger partial charge in [-0.2, -0.15) is 0 Å². The normalized spacial score (nSPS) is 23.9. The van der Waals surface area contributed by atoms with Crippen molar-refractivity contribution in [1.29, 1.82) is 0 Å². The Bertz CT molecular complexity index is 848. The summed E-state index contributed by atoms with van der Waals surface area (Å²) in [7, 11) is 1.71. The number of ether oxygens (including phenoxy) is 3. The molecule has 28 heavy (non-hydrogen) atoms. The van der Waals surface area contributed by atoms with Crippen molar-refractivity contribution < 1.29 is 14.2 Å². The van der Waals surface area contributed by atoms with E-state index in [0.29, 0.717) is 17.4 Å². The van der Waals surface area contributed by atoms with Crippen molar-refractivity contribution in [2.24, 2.45) is 13.0 Å². The summed E-state index contributed by atoms with van der Waals surface area (Å²) in [4.78, 5) is 17.3. The van der Waals surface area contributed by atoms with Gasteiger partial charge in [-0.25, -0.2) is 9.50 Å². The summed E-state index contributed by atoms with van der Waals surface area (Å²) in [6.07, 6.45) is 7.60. The van der Waals surface area contributed by atoms with Crippen LogP contribution in [0.1, 0.15) is 57.2 Å². The molecule has 0 unspecified atom stereocenters. The number of nitrogens with zero attached hydrogens (tertiary/aromatic N) is 4. The summed E-state index contributed by atoms with van der Waals surface area (Å²) in [5, 5.41) is 4.66. The average Bonchev–Trinajstić information content (AvgIpc) is 3.16.